The molecule has 1 amide bonds. The van der Waals surface area contributed by atoms with Crippen molar-refractivity contribution >= 4 is 22.4 Å². The van der Waals surface area contributed by atoms with Gasteiger partial charge < -0.3 is 10.6 Å². The molecule has 0 saturated carbocycles. The maximum atomic E-state index is 12.2. The maximum Gasteiger partial charge on any atom is 0.255 e. The molecule has 0 aliphatic carbocycles. The topological polar surface area (TPSA) is 41.1 Å². The Kier molecular flexibility index (Phi) is 2.64. The molecule has 4 rings (SSSR count). The van der Waals surface area contributed by atoms with Crippen LogP contribution in [0.2, 0.25) is 0 Å². The van der Waals surface area contributed by atoms with Crippen LogP contribution in [-0.4, -0.2) is 5.91 Å². The summed E-state index contributed by atoms with van der Waals surface area (Å²) in [4.78, 5) is 12.2. The van der Waals surface area contributed by atoms with E-state index in [0.717, 1.165) is 11.3 Å². The van der Waals surface area contributed by atoms with E-state index in [9.17, 15) is 4.79 Å². The molecular formula is C18H14N2O. The number of anilines is 1. The fraction of sp³-hybridized carbons (Fsp3) is 0.0556. The number of carbonyl (C=O) groups excluding carboxylic acids is 1. The summed E-state index contributed by atoms with van der Waals surface area (Å²) in [5.74, 6) is -0.0393. The minimum absolute atomic E-state index is 0.0393. The SMILES string of the molecule is O=C1N[C@H](c2ccc3ccccc3c2)Nc2ccccc21. The summed E-state index contributed by atoms with van der Waals surface area (Å²) in [7, 11) is 0. The molecule has 0 fully saturated rings. The molecule has 1 aliphatic rings. The molecule has 0 aromatic heterocycles. The van der Waals surface area contributed by atoms with E-state index in [1.807, 2.05) is 42.5 Å². The molecule has 0 bridgehead atoms. The smallest absolute Gasteiger partial charge is 0.255 e. The summed E-state index contributed by atoms with van der Waals surface area (Å²) in [6.07, 6.45) is -0.197. The lowest BCUT2D eigenvalue weighted by Gasteiger charge is -2.28. The number of carbonyl (C=O) groups is 1. The molecule has 3 aromatic carbocycles. The predicted molar refractivity (Wildman–Crippen MR) is 84.2 cm³/mol. The Morgan fingerprint density at radius 2 is 1.52 bits per heavy atom. The van der Waals surface area contributed by atoms with Gasteiger partial charge in [-0.05, 0) is 34.5 Å². The van der Waals surface area contributed by atoms with E-state index in [2.05, 4.69) is 34.9 Å². The van der Waals surface area contributed by atoms with Gasteiger partial charge in [-0.15, -0.1) is 0 Å². The summed E-state index contributed by atoms with van der Waals surface area (Å²) in [5.41, 5.74) is 2.62. The lowest BCUT2D eigenvalue weighted by atomic mass is 10.0. The lowest BCUT2D eigenvalue weighted by molar-refractivity contribution is 0.0935. The van der Waals surface area contributed by atoms with E-state index in [1.165, 1.54) is 10.8 Å². The normalized spacial score (nSPS) is 17.0. The Morgan fingerprint density at radius 1 is 0.762 bits per heavy atom. The Hall–Kier alpha value is -2.81. The van der Waals surface area contributed by atoms with Crippen molar-refractivity contribution in [2.45, 2.75) is 6.17 Å². The zero-order valence-corrected chi connectivity index (χ0v) is 11.3. The highest BCUT2D eigenvalue weighted by molar-refractivity contribution is 6.01. The van der Waals surface area contributed by atoms with Crippen molar-refractivity contribution in [1.29, 1.82) is 0 Å². The second-order valence-electron chi connectivity index (χ2n) is 5.20. The summed E-state index contributed by atoms with van der Waals surface area (Å²) in [6, 6.07) is 22.0. The van der Waals surface area contributed by atoms with Gasteiger partial charge in [0.25, 0.3) is 5.91 Å². The van der Waals surface area contributed by atoms with E-state index in [4.69, 9.17) is 0 Å². The number of fused-ring (bicyclic) bond motifs is 2. The maximum absolute atomic E-state index is 12.2. The summed E-state index contributed by atoms with van der Waals surface area (Å²) in [6.45, 7) is 0. The Morgan fingerprint density at radius 3 is 2.43 bits per heavy atom. The first-order valence-corrected chi connectivity index (χ1v) is 6.96. The second-order valence-corrected chi connectivity index (χ2v) is 5.20. The molecule has 102 valence electrons. The molecule has 3 heteroatoms. The van der Waals surface area contributed by atoms with Crippen molar-refractivity contribution in [3.05, 3.63) is 77.9 Å². The number of rotatable bonds is 1. The van der Waals surface area contributed by atoms with Gasteiger partial charge in [0.15, 0.2) is 0 Å². The van der Waals surface area contributed by atoms with Crippen LogP contribution in [0.3, 0.4) is 0 Å². The molecule has 3 nitrogen and oxygen atoms in total. The molecule has 0 saturated heterocycles. The fourth-order valence-electron chi connectivity index (χ4n) is 2.76. The highest BCUT2D eigenvalue weighted by atomic mass is 16.2. The summed E-state index contributed by atoms with van der Waals surface area (Å²) >= 11 is 0. The van der Waals surface area contributed by atoms with Crippen LogP contribution < -0.4 is 10.6 Å². The number of hydrogen-bond donors (Lipinski definition) is 2. The average Bonchev–Trinajstić information content (AvgIpc) is 2.54. The molecule has 3 aromatic rings. The van der Waals surface area contributed by atoms with Crippen LogP contribution in [-0.2, 0) is 0 Å². The molecule has 0 spiro atoms. The molecule has 21 heavy (non-hydrogen) atoms. The Bertz CT molecular complexity index is 841. The van der Waals surface area contributed by atoms with Crippen molar-refractivity contribution in [3.8, 4) is 0 Å². The van der Waals surface area contributed by atoms with Crippen LogP contribution >= 0.6 is 0 Å². The number of para-hydroxylation sites is 1. The van der Waals surface area contributed by atoms with Gasteiger partial charge in [-0.25, -0.2) is 0 Å². The van der Waals surface area contributed by atoms with Gasteiger partial charge in [-0.2, -0.15) is 0 Å². The first-order valence-electron chi connectivity index (χ1n) is 6.96. The minimum atomic E-state index is -0.197. The van der Waals surface area contributed by atoms with Crippen molar-refractivity contribution in [3.63, 3.8) is 0 Å². The van der Waals surface area contributed by atoms with Crippen LogP contribution in [0.4, 0.5) is 5.69 Å². The summed E-state index contributed by atoms with van der Waals surface area (Å²) < 4.78 is 0. The zero-order valence-electron chi connectivity index (χ0n) is 11.3. The van der Waals surface area contributed by atoms with Gasteiger partial charge in [0, 0.05) is 5.69 Å². The average molecular weight is 274 g/mol. The van der Waals surface area contributed by atoms with Crippen molar-refractivity contribution in [2.24, 2.45) is 0 Å². The van der Waals surface area contributed by atoms with E-state index in [0.29, 0.717) is 5.56 Å². The van der Waals surface area contributed by atoms with Gasteiger partial charge in [0.2, 0.25) is 0 Å². The second kappa shape index (κ2) is 4.63. The van der Waals surface area contributed by atoms with Gasteiger partial charge in [-0.3, -0.25) is 4.79 Å². The van der Waals surface area contributed by atoms with E-state index >= 15 is 0 Å². The van der Waals surface area contributed by atoms with Crippen molar-refractivity contribution in [1.82, 2.24) is 5.32 Å². The first-order chi connectivity index (χ1) is 10.3. The van der Waals surface area contributed by atoms with Crippen molar-refractivity contribution in [2.75, 3.05) is 5.32 Å². The van der Waals surface area contributed by atoms with Crippen LogP contribution in [0.5, 0.6) is 0 Å². The van der Waals surface area contributed by atoms with Gasteiger partial charge in [-0.1, -0.05) is 48.5 Å². The van der Waals surface area contributed by atoms with E-state index in [-0.39, 0.29) is 12.1 Å². The first kappa shape index (κ1) is 12.0. The number of benzene rings is 3. The third kappa shape index (κ3) is 2.03. The highest BCUT2D eigenvalue weighted by Gasteiger charge is 2.23. The highest BCUT2D eigenvalue weighted by Crippen LogP contribution is 2.27. The molecular weight excluding hydrogens is 260 g/mol. The summed E-state index contributed by atoms with van der Waals surface area (Å²) in [5, 5.41) is 8.75. The van der Waals surface area contributed by atoms with Crippen LogP contribution in [0, 0.1) is 0 Å². The largest absolute Gasteiger partial charge is 0.361 e. The minimum Gasteiger partial charge on any atom is -0.361 e. The molecule has 1 atom stereocenters. The number of hydrogen-bond acceptors (Lipinski definition) is 2. The van der Waals surface area contributed by atoms with Crippen LogP contribution in [0.25, 0.3) is 10.8 Å². The molecule has 1 aliphatic heterocycles. The fourth-order valence-corrected chi connectivity index (χ4v) is 2.76. The van der Waals surface area contributed by atoms with Gasteiger partial charge >= 0.3 is 0 Å². The standard InChI is InChI=1S/C18H14N2O/c21-18-15-7-3-4-8-16(15)19-17(20-18)14-10-9-12-5-1-2-6-13(12)11-14/h1-11,17,19H,(H,20,21)/t17-/m1/s1. The monoisotopic (exact) mass is 274 g/mol. The third-order valence-corrected chi connectivity index (χ3v) is 3.85. The quantitative estimate of drug-likeness (QED) is 0.710. The van der Waals surface area contributed by atoms with Crippen molar-refractivity contribution < 1.29 is 4.79 Å². The third-order valence-electron chi connectivity index (χ3n) is 3.85. The Labute approximate surface area is 122 Å². The lowest BCUT2D eigenvalue weighted by Crippen LogP contribution is -2.38. The van der Waals surface area contributed by atoms with E-state index in [1.54, 1.807) is 0 Å². The molecule has 0 unspecified atom stereocenters. The predicted octanol–water partition coefficient (Wildman–Crippen LogP) is 3.69. The number of amides is 1. The molecule has 2 N–H and O–H groups in total. The van der Waals surface area contributed by atoms with E-state index < -0.39 is 0 Å². The number of nitrogens with one attached hydrogen (secondary N) is 2. The molecule has 0 radical (unpaired) electrons. The van der Waals surface area contributed by atoms with Crippen LogP contribution in [0.15, 0.2) is 66.7 Å². The Balaban J connectivity index is 1.75. The van der Waals surface area contributed by atoms with Gasteiger partial charge in [0.05, 0.1) is 5.56 Å². The molecule has 1 heterocycles. The van der Waals surface area contributed by atoms with Gasteiger partial charge in [0.1, 0.15) is 6.17 Å². The van der Waals surface area contributed by atoms with Crippen LogP contribution in [0.1, 0.15) is 22.1 Å². The zero-order chi connectivity index (χ0) is 14.2.